The number of hydrogen-bond donors (Lipinski definition) is 0. The first kappa shape index (κ1) is 16.6. The number of amides is 2. The zero-order valence-electron chi connectivity index (χ0n) is 14.7. The van der Waals surface area contributed by atoms with E-state index in [4.69, 9.17) is 0 Å². The number of fused-ring (bicyclic) bond motifs is 2. The summed E-state index contributed by atoms with van der Waals surface area (Å²) in [6.07, 6.45) is 3.18. The second kappa shape index (κ2) is 5.99. The van der Waals surface area contributed by atoms with Crippen molar-refractivity contribution in [1.29, 1.82) is 0 Å². The second-order valence-corrected chi connectivity index (χ2v) is 8.05. The molecule has 0 saturated carbocycles. The minimum atomic E-state index is -0.783. The third kappa shape index (κ3) is 2.45. The van der Waals surface area contributed by atoms with E-state index in [1.165, 1.54) is 16.0 Å². The number of carbonyl (C=O) groups excluding carboxylic acids is 2. The molecule has 2 atom stereocenters. The Labute approximate surface area is 165 Å². The van der Waals surface area contributed by atoms with Gasteiger partial charge in [0.2, 0.25) is 0 Å². The van der Waals surface area contributed by atoms with Crippen LogP contribution in [0.25, 0.3) is 0 Å². The van der Waals surface area contributed by atoms with Gasteiger partial charge in [-0.1, -0.05) is 27.2 Å². The Morgan fingerprint density at radius 1 is 1.00 bits per heavy atom. The predicted molar refractivity (Wildman–Crippen MR) is 105 cm³/mol. The highest BCUT2D eigenvalue weighted by Crippen LogP contribution is 2.37. The molecule has 0 N–H and O–H groups in total. The molecule has 0 radical (unpaired) electrons. The fraction of sp³-hybridized carbons (Fsp3) is 0.300. The van der Waals surface area contributed by atoms with E-state index in [0.29, 0.717) is 5.69 Å². The molecule has 2 amide bonds. The van der Waals surface area contributed by atoms with Gasteiger partial charge < -0.3 is 0 Å². The zero-order valence-corrected chi connectivity index (χ0v) is 16.3. The van der Waals surface area contributed by atoms with E-state index >= 15 is 0 Å². The summed E-state index contributed by atoms with van der Waals surface area (Å²) in [7, 11) is 0. The molecular formula is C20H17BrN4O2. The largest absolute Gasteiger partial charge is 0.271 e. The van der Waals surface area contributed by atoms with Crippen LogP contribution in [0.15, 0.2) is 51.2 Å². The van der Waals surface area contributed by atoms with E-state index in [9.17, 15) is 9.59 Å². The fourth-order valence-electron chi connectivity index (χ4n) is 4.10. The van der Waals surface area contributed by atoms with Crippen molar-refractivity contribution in [3.8, 4) is 0 Å². The van der Waals surface area contributed by atoms with Crippen molar-refractivity contribution >= 4 is 39.1 Å². The molecule has 7 heteroatoms. The number of rotatable bonds is 2. The minimum Gasteiger partial charge on any atom is -0.271 e. The number of benzene rings is 2. The summed E-state index contributed by atoms with van der Waals surface area (Å²) in [5.41, 5.74) is 4.96. The third-order valence-corrected chi connectivity index (χ3v) is 6.42. The Morgan fingerprint density at radius 2 is 1.78 bits per heavy atom. The van der Waals surface area contributed by atoms with Gasteiger partial charge in [-0.25, -0.2) is 9.91 Å². The maximum atomic E-state index is 13.2. The fourth-order valence-corrected chi connectivity index (χ4v) is 4.34. The summed E-state index contributed by atoms with van der Waals surface area (Å²) in [4.78, 5) is 27.4. The van der Waals surface area contributed by atoms with Crippen molar-refractivity contribution in [3.05, 3.63) is 57.6 Å². The van der Waals surface area contributed by atoms with Crippen LogP contribution in [-0.2, 0) is 22.4 Å². The molecule has 1 aliphatic carbocycles. The van der Waals surface area contributed by atoms with Crippen molar-refractivity contribution in [3.63, 3.8) is 0 Å². The maximum absolute atomic E-state index is 13.2. The zero-order chi connectivity index (χ0) is 18.7. The van der Waals surface area contributed by atoms with Gasteiger partial charge in [0.1, 0.15) is 0 Å². The number of anilines is 2. The van der Waals surface area contributed by atoms with E-state index in [0.717, 1.165) is 35.0 Å². The van der Waals surface area contributed by atoms with Gasteiger partial charge in [0, 0.05) is 4.47 Å². The molecule has 6 nitrogen and oxygen atoms in total. The highest BCUT2D eigenvalue weighted by molar-refractivity contribution is 9.10. The Morgan fingerprint density at radius 3 is 2.59 bits per heavy atom. The molecule has 0 spiro atoms. The molecule has 5 rings (SSSR count). The highest BCUT2D eigenvalue weighted by Gasteiger charge is 2.55. The summed E-state index contributed by atoms with van der Waals surface area (Å²) in [6, 6.07) is 10.1. The molecule has 0 bridgehead atoms. The van der Waals surface area contributed by atoms with Crippen LogP contribution < -0.4 is 9.91 Å². The third-order valence-electron chi connectivity index (χ3n) is 5.53. The van der Waals surface area contributed by atoms with Crippen LogP contribution >= 0.6 is 15.9 Å². The molecule has 2 aromatic rings. The highest BCUT2D eigenvalue weighted by atomic mass is 79.9. The van der Waals surface area contributed by atoms with Gasteiger partial charge in [0.25, 0.3) is 11.8 Å². The summed E-state index contributed by atoms with van der Waals surface area (Å²) < 4.78 is 0.979. The molecule has 0 aromatic heterocycles. The molecule has 0 unspecified atom stereocenters. The average Bonchev–Trinajstić information content (AvgIpc) is 3.34. The topological polar surface area (TPSA) is 65.3 Å². The summed E-state index contributed by atoms with van der Waals surface area (Å²) in [5.74, 6) is -0.573. The lowest BCUT2D eigenvalue weighted by Gasteiger charge is -2.21. The first-order valence-electron chi connectivity index (χ1n) is 9.00. The first-order chi connectivity index (χ1) is 13.0. The molecule has 136 valence electrons. The number of nitrogens with zero attached hydrogens (tertiary/aromatic N) is 4. The molecule has 1 saturated heterocycles. The van der Waals surface area contributed by atoms with Crippen LogP contribution in [0.2, 0.25) is 0 Å². The van der Waals surface area contributed by atoms with E-state index in [1.54, 1.807) is 5.01 Å². The van der Waals surface area contributed by atoms with Crippen molar-refractivity contribution in [2.24, 2.45) is 10.3 Å². The quantitative estimate of drug-likeness (QED) is 0.689. The Bertz CT molecular complexity index is 1020. The summed E-state index contributed by atoms with van der Waals surface area (Å²) in [6.45, 7) is 1.97. The van der Waals surface area contributed by atoms with E-state index in [1.807, 2.05) is 43.3 Å². The average molecular weight is 425 g/mol. The number of imide groups is 1. The van der Waals surface area contributed by atoms with Gasteiger partial charge >= 0.3 is 0 Å². The summed E-state index contributed by atoms with van der Waals surface area (Å²) in [5, 5.41) is 9.80. The number of halogens is 1. The van der Waals surface area contributed by atoms with Crippen LogP contribution in [0.5, 0.6) is 0 Å². The minimum absolute atomic E-state index is 0.270. The maximum Gasteiger partial charge on any atom is 0.263 e. The monoisotopic (exact) mass is 424 g/mol. The van der Waals surface area contributed by atoms with Gasteiger partial charge in [-0.2, -0.15) is 5.11 Å². The van der Waals surface area contributed by atoms with Gasteiger partial charge in [0.05, 0.1) is 11.4 Å². The van der Waals surface area contributed by atoms with Crippen LogP contribution in [0.3, 0.4) is 0 Å². The molecule has 2 heterocycles. The molecule has 2 aromatic carbocycles. The van der Waals surface area contributed by atoms with E-state index in [2.05, 4.69) is 26.3 Å². The van der Waals surface area contributed by atoms with Crippen LogP contribution in [0.4, 0.5) is 11.4 Å². The van der Waals surface area contributed by atoms with Crippen LogP contribution in [-0.4, -0.2) is 23.9 Å². The Balaban J connectivity index is 1.50. The number of carbonyl (C=O) groups is 2. The number of hydrogen-bond acceptors (Lipinski definition) is 5. The lowest BCUT2D eigenvalue weighted by Crippen LogP contribution is -2.40. The number of aryl methyl sites for hydroxylation is 3. The van der Waals surface area contributed by atoms with Gasteiger partial charge in [-0.3, -0.25) is 9.59 Å². The second-order valence-electron chi connectivity index (χ2n) is 7.19. The lowest BCUT2D eigenvalue weighted by molar-refractivity contribution is -0.121. The molecule has 27 heavy (non-hydrogen) atoms. The molecule has 2 aliphatic heterocycles. The molecular weight excluding hydrogens is 408 g/mol. The van der Waals surface area contributed by atoms with Gasteiger partial charge in [-0.15, -0.1) is 0 Å². The van der Waals surface area contributed by atoms with Gasteiger partial charge in [-0.05, 0) is 73.2 Å². The van der Waals surface area contributed by atoms with E-state index < -0.39 is 12.1 Å². The van der Waals surface area contributed by atoms with Crippen molar-refractivity contribution in [2.75, 3.05) is 9.91 Å². The van der Waals surface area contributed by atoms with Gasteiger partial charge in [0.15, 0.2) is 12.1 Å². The normalized spacial score (nSPS) is 23.3. The SMILES string of the molecule is Cc1cc(N2N=N[C@H]3C(=O)N(c4ccc5c(c4)CCC5)C(=O)[C@@H]32)ccc1Br. The Hall–Kier alpha value is -2.54. The van der Waals surface area contributed by atoms with Crippen molar-refractivity contribution in [1.82, 2.24) is 0 Å². The van der Waals surface area contributed by atoms with E-state index in [-0.39, 0.29) is 11.8 Å². The first-order valence-corrected chi connectivity index (χ1v) is 9.79. The lowest BCUT2D eigenvalue weighted by atomic mass is 10.1. The summed E-state index contributed by atoms with van der Waals surface area (Å²) >= 11 is 3.48. The van der Waals surface area contributed by atoms with Crippen LogP contribution in [0.1, 0.15) is 23.1 Å². The van der Waals surface area contributed by atoms with Crippen molar-refractivity contribution < 1.29 is 9.59 Å². The van der Waals surface area contributed by atoms with Crippen LogP contribution in [0, 0.1) is 6.92 Å². The predicted octanol–water partition coefficient (Wildman–Crippen LogP) is 3.74. The standard InChI is InChI=1S/C20H17BrN4O2/c1-11-9-15(7-8-16(11)21)25-18-17(22-23-25)19(26)24(20(18)27)14-6-5-12-3-2-4-13(12)10-14/h5-10,17-18H,2-4H2,1H3/t17-,18-/m1/s1. The molecule has 1 fully saturated rings. The van der Waals surface area contributed by atoms with Crippen molar-refractivity contribution in [2.45, 2.75) is 38.3 Å². The smallest absolute Gasteiger partial charge is 0.263 e. The Kier molecular flexibility index (Phi) is 3.69. The molecule has 3 aliphatic rings.